The number of alkyl halides is 2. The van der Waals surface area contributed by atoms with Crippen LogP contribution >= 0.6 is 0 Å². The Balaban J connectivity index is 2.22. The van der Waals surface area contributed by atoms with E-state index in [1.807, 2.05) is 0 Å². The van der Waals surface area contributed by atoms with Crippen LogP contribution in [0.2, 0.25) is 0 Å². The van der Waals surface area contributed by atoms with Gasteiger partial charge in [-0.2, -0.15) is 0 Å². The normalized spacial score (nSPS) is 13.1. The topological polar surface area (TPSA) is 58.0 Å². The van der Waals surface area contributed by atoms with Crippen molar-refractivity contribution in [2.45, 2.75) is 19.1 Å². The fourth-order valence-corrected chi connectivity index (χ4v) is 0.860. The highest BCUT2D eigenvalue weighted by Gasteiger charge is 2.15. The summed E-state index contributed by atoms with van der Waals surface area (Å²) in [6, 6.07) is 1.67. The number of hydrogen-bond acceptors (Lipinski definition) is 4. The molecule has 0 aliphatic rings. The summed E-state index contributed by atoms with van der Waals surface area (Å²) in [6.07, 6.45) is -1.40. The lowest BCUT2D eigenvalue weighted by Crippen LogP contribution is -2.31. The molecule has 0 bridgehead atoms. The Morgan fingerprint density at radius 3 is 2.86 bits per heavy atom. The maximum Gasteiger partial charge on any atom is 0.265 e. The Morgan fingerprint density at radius 2 is 2.29 bits per heavy atom. The van der Waals surface area contributed by atoms with Crippen LogP contribution in [0, 0.1) is 0 Å². The molecule has 2 N–H and O–H groups in total. The quantitative estimate of drug-likeness (QED) is 0.717. The largest absolute Gasteiger partial charge is 0.386 e. The van der Waals surface area contributed by atoms with Gasteiger partial charge in [-0.25, -0.2) is 18.7 Å². The van der Waals surface area contributed by atoms with Crippen molar-refractivity contribution in [3.8, 4) is 0 Å². The van der Waals surface area contributed by atoms with Gasteiger partial charge in [-0.05, 0) is 6.07 Å². The van der Waals surface area contributed by atoms with E-state index >= 15 is 0 Å². The van der Waals surface area contributed by atoms with Crippen molar-refractivity contribution in [1.82, 2.24) is 15.3 Å². The van der Waals surface area contributed by atoms with Gasteiger partial charge in [0.2, 0.25) is 0 Å². The molecule has 0 saturated carbocycles. The molecule has 1 rings (SSSR count). The number of rotatable bonds is 5. The van der Waals surface area contributed by atoms with Crippen LogP contribution in [0.5, 0.6) is 0 Å². The van der Waals surface area contributed by atoms with Gasteiger partial charge in [0.25, 0.3) is 6.43 Å². The molecule has 1 atom stereocenters. The van der Waals surface area contributed by atoms with Crippen LogP contribution in [-0.4, -0.2) is 34.1 Å². The third-order valence-electron chi connectivity index (χ3n) is 1.59. The first kappa shape index (κ1) is 10.9. The van der Waals surface area contributed by atoms with Crippen LogP contribution in [0.3, 0.4) is 0 Å². The second kappa shape index (κ2) is 5.56. The molecule has 0 fully saturated rings. The summed E-state index contributed by atoms with van der Waals surface area (Å²) in [4.78, 5) is 7.59. The minimum atomic E-state index is -2.71. The van der Waals surface area contributed by atoms with E-state index in [1.54, 1.807) is 12.3 Å². The standard InChI is InChI=1S/C8H11F2N3O/c9-8(10)7(14)4-12-3-6-1-2-11-5-13-6/h1-2,5,7-8,12,14H,3-4H2. The van der Waals surface area contributed by atoms with Crippen LogP contribution in [0.15, 0.2) is 18.6 Å². The molecule has 4 nitrogen and oxygen atoms in total. The molecule has 0 aliphatic heterocycles. The zero-order chi connectivity index (χ0) is 10.4. The van der Waals surface area contributed by atoms with E-state index in [-0.39, 0.29) is 6.54 Å². The van der Waals surface area contributed by atoms with Crippen molar-refractivity contribution in [2.24, 2.45) is 0 Å². The average Bonchev–Trinajstić information content (AvgIpc) is 2.19. The fraction of sp³-hybridized carbons (Fsp3) is 0.500. The number of aromatic nitrogens is 2. The Labute approximate surface area is 80.0 Å². The molecule has 0 aromatic carbocycles. The van der Waals surface area contributed by atoms with Gasteiger partial charge in [-0.3, -0.25) is 0 Å². The molecule has 1 unspecified atom stereocenters. The summed E-state index contributed by atoms with van der Waals surface area (Å²) in [5.41, 5.74) is 0.696. The number of aliphatic hydroxyl groups is 1. The monoisotopic (exact) mass is 203 g/mol. The molecular weight excluding hydrogens is 192 g/mol. The van der Waals surface area contributed by atoms with Crippen molar-refractivity contribution < 1.29 is 13.9 Å². The van der Waals surface area contributed by atoms with Crippen LogP contribution in [0.4, 0.5) is 8.78 Å². The van der Waals surface area contributed by atoms with E-state index < -0.39 is 12.5 Å². The van der Waals surface area contributed by atoms with Gasteiger partial charge in [-0.15, -0.1) is 0 Å². The van der Waals surface area contributed by atoms with Gasteiger partial charge in [0.15, 0.2) is 0 Å². The summed E-state index contributed by atoms with van der Waals surface area (Å²) in [7, 11) is 0. The van der Waals surface area contributed by atoms with E-state index in [0.717, 1.165) is 0 Å². The van der Waals surface area contributed by atoms with Crippen molar-refractivity contribution in [3.63, 3.8) is 0 Å². The second-order valence-corrected chi connectivity index (χ2v) is 2.73. The summed E-state index contributed by atoms with van der Waals surface area (Å²) in [5.74, 6) is 0. The average molecular weight is 203 g/mol. The first-order valence-corrected chi connectivity index (χ1v) is 4.12. The first-order chi connectivity index (χ1) is 6.70. The van der Waals surface area contributed by atoms with E-state index in [1.165, 1.54) is 6.33 Å². The SMILES string of the molecule is OC(CNCc1ccncn1)C(F)F. The fourth-order valence-electron chi connectivity index (χ4n) is 0.860. The highest BCUT2D eigenvalue weighted by atomic mass is 19.3. The molecule has 0 saturated heterocycles. The van der Waals surface area contributed by atoms with Crippen LogP contribution in [0.1, 0.15) is 5.69 Å². The van der Waals surface area contributed by atoms with E-state index in [2.05, 4.69) is 15.3 Å². The van der Waals surface area contributed by atoms with E-state index in [9.17, 15) is 8.78 Å². The zero-order valence-corrected chi connectivity index (χ0v) is 7.40. The number of nitrogens with zero attached hydrogens (tertiary/aromatic N) is 2. The van der Waals surface area contributed by atoms with Crippen molar-refractivity contribution in [2.75, 3.05) is 6.54 Å². The maximum atomic E-state index is 11.8. The molecule has 78 valence electrons. The highest BCUT2D eigenvalue weighted by molar-refractivity contribution is 4.96. The van der Waals surface area contributed by atoms with Crippen LogP contribution < -0.4 is 5.32 Å². The minimum absolute atomic E-state index is 0.151. The van der Waals surface area contributed by atoms with Crippen molar-refractivity contribution in [3.05, 3.63) is 24.3 Å². The Bertz CT molecular complexity index is 258. The first-order valence-electron chi connectivity index (χ1n) is 4.12. The van der Waals surface area contributed by atoms with Gasteiger partial charge in [-0.1, -0.05) is 0 Å². The molecule has 0 amide bonds. The molecule has 14 heavy (non-hydrogen) atoms. The smallest absolute Gasteiger partial charge is 0.265 e. The number of halogens is 2. The third-order valence-corrected chi connectivity index (χ3v) is 1.59. The van der Waals surface area contributed by atoms with E-state index in [0.29, 0.717) is 12.2 Å². The molecule has 6 heteroatoms. The molecule has 1 aromatic heterocycles. The lowest BCUT2D eigenvalue weighted by atomic mass is 10.3. The predicted octanol–water partition coefficient (Wildman–Crippen LogP) is 0.192. The summed E-state index contributed by atoms with van der Waals surface area (Å²) >= 11 is 0. The molecule has 0 radical (unpaired) electrons. The number of hydrogen-bond donors (Lipinski definition) is 2. The Kier molecular flexibility index (Phi) is 4.34. The van der Waals surface area contributed by atoms with Crippen molar-refractivity contribution >= 4 is 0 Å². The van der Waals surface area contributed by atoms with Gasteiger partial charge in [0, 0.05) is 19.3 Å². The summed E-state index contributed by atoms with van der Waals surface area (Å²) < 4.78 is 23.7. The van der Waals surface area contributed by atoms with Gasteiger partial charge in [0.05, 0.1) is 5.69 Å². The minimum Gasteiger partial charge on any atom is -0.386 e. The molecule has 0 spiro atoms. The third kappa shape index (κ3) is 3.71. The van der Waals surface area contributed by atoms with Crippen LogP contribution in [-0.2, 0) is 6.54 Å². The van der Waals surface area contributed by atoms with Crippen molar-refractivity contribution in [1.29, 1.82) is 0 Å². The molecule has 0 aliphatic carbocycles. The highest BCUT2D eigenvalue weighted by Crippen LogP contribution is 1.99. The van der Waals surface area contributed by atoms with Gasteiger partial charge < -0.3 is 10.4 Å². The van der Waals surface area contributed by atoms with Gasteiger partial charge in [0.1, 0.15) is 12.4 Å². The zero-order valence-electron chi connectivity index (χ0n) is 7.40. The summed E-state index contributed by atoms with van der Waals surface area (Å²) in [6.45, 7) is 0.188. The molecule has 1 heterocycles. The number of aliphatic hydroxyl groups excluding tert-OH is 1. The maximum absolute atomic E-state index is 11.8. The second-order valence-electron chi connectivity index (χ2n) is 2.73. The summed E-state index contributed by atoms with van der Waals surface area (Å²) in [5, 5.41) is 11.4. The Morgan fingerprint density at radius 1 is 1.50 bits per heavy atom. The lowest BCUT2D eigenvalue weighted by molar-refractivity contribution is -0.00344. The predicted molar refractivity (Wildman–Crippen MR) is 45.7 cm³/mol. The Hall–Kier alpha value is -1.14. The van der Waals surface area contributed by atoms with E-state index in [4.69, 9.17) is 5.11 Å². The van der Waals surface area contributed by atoms with Gasteiger partial charge >= 0.3 is 0 Å². The lowest BCUT2D eigenvalue weighted by Gasteiger charge is -2.09. The molecular formula is C8H11F2N3O. The molecule has 1 aromatic rings. The van der Waals surface area contributed by atoms with Crippen LogP contribution in [0.25, 0.3) is 0 Å². The number of nitrogens with one attached hydrogen (secondary N) is 1.